The van der Waals surface area contributed by atoms with Crippen LogP contribution in [0.5, 0.6) is 0 Å². The molecule has 0 unspecified atom stereocenters. The Morgan fingerprint density at radius 3 is 1.95 bits per heavy atom. The molecule has 15 atom stereocenters. The molecule has 3 aliphatic heterocycles. The molecule has 326 valence electrons. The van der Waals surface area contributed by atoms with Crippen LogP contribution in [0.15, 0.2) is 30.3 Å². The van der Waals surface area contributed by atoms with Gasteiger partial charge in [-0.15, -0.1) is 0 Å². The summed E-state index contributed by atoms with van der Waals surface area (Å²) >= 11 is 0. The monoisotopic (exact) mass is 841 g/mol. The summed E-state index contributed by atoms with van der Waals surface area (Å²) in [4.78, 5) is 25.1. The van der Waals surface area contributed by atoms with Crippen molar-refractivity contribution in [2.75, 3.05) is 26.9 Å². The maximum Gasteiger partial charge on any atom is 0.397 e. The van der Waals surface area contributed by atoms with Gasteiger partial charge in [0.05, 0.1) is 26.4 Å². The molecule has 1 amide bonds. The van der Waals surface area contributed by atoms with Crippen molar-refractivity contribution in [1.29, 1.82) is 0 Å². The van der Waals surface area contributed by atoms with Gasteiger partial charge in [0.1, 0.15) is 67.1 Å². The molecule has 21 nitrogen and oxygen atoms in total. The Labute approximate surface area is 329 Å². The van der Waals surface area contributed by atoms with E-state index in [4.69, 9.17) is 28.4 Å². The molecule has 57 heavy (non-hydrogen) atoms. The molecule has 22 heteroatoms. The fourth-order valence-electron chi connectivity index (χ4n) is 6.73. The van der Waals surface area contributed by atoms with Crippen LogP contribution in [0.4, 0.5) is 0 Å². The minimum absolute atomic E-state index is 0.0541. The molecule has 1 aromatic rings. The van der Waals surface area contributed by atoms with E-state index in [0.29, 0.717) is 25.7 Å². The van der Waals surface area contributed by atoms with Crippen molar-refractivity contribution in [3.05, 3.63) is 35.9 Å². The van der Waals surface area contributed by atoms with Crippen LogP contribution in [0.2, 0.25) is 0 Å². The second-order valence-electron chi connectivity index (χ2n) is 14.0. The predicted molar refractivity (Wildman–Crippen MR) is 190 cm³/mol. The lowest BCUT2D eigenvalue weighted by Crippen LogP contribution is -2.70. The highest BCUT2D eigenvalue weighted by Crippen LogP contribution is 2.35. The van der Waals surface area contributed by atoms with E-state index in [9.17, 15) is 58.3 Å². The first-order valence-corrected chi connectivity index (χ1v) is 20.1. The zero-order valence-corrected chi connectivity index (χ0v) is 32.3. The Morgan fingerprint density at radius 2 is 1.32 bits per heavy atom. The van der Waals surface area contributed by atoms with Crippen LogP contribution >= 0.6 is 0 Å². The number of unbranched alkanes of at least 4 members (excludes halogenated alkanes) is 5. The van der Waals surface area contributed by atoms with Gasteiger partial charge < -0.3 is 74.2 Å². The molecule has 0 bridgehead atoms. The lowest BCUT2D eigenvalue weighted by atomic mass is 9.94. The van der Waals surface area contributed by atoms with E-state index in [-0.39, 0.29) is 18.1 Å². The molecule has 0 saturated carbocycles. The molecule has 3 heterocycles. The molecule has 0 spiro atoms. The van der Waals surface area contributed by atoms with Gasteiger partial charge in [0, 0.05) is 18.6 Å². The van der Waals surface area contributed by atoms with Gasteiger partial charge in [-0.3, -0.25) is 14.1 Å². The molecule has 9 N–H and O–H groups in total. The number of esters is 1. The maximum atomic E-state index is 13.7. The number of ether oxygens (including phenoxy) is 7. The number of aliphatic hydroxyl groups excluding tert-OH is 7. The molecule has 4 rings (SSSR count). The van der Waals surface area contributed by atoms with Crippen molar-refractivity contribution in [3.8, 4) is 0 Å². The molecular weight excluding hydrogens is 786 g/mol. The van der Waals surface area contributed by atoms with E-state index in [1.807, 2.05) is 0 Å². The number of aliphatic hydroxyl groups is 7. The summed E-state index contributed by atoms with van der Waals surface area (Å²) in [5.41, 5.74) is 0.167. The lowest BCUT2D eigenvalue weighted by Gasteiger charge is -2.50. The lowest BCUT2D eigenvalue weighted by molar-refractivity contribution is -0.372. The first-order valence-electron chi connectivity index (χ1n) is 18.7. The summed E-state index contributed by atoms with van der Waals surface area (Å²) in [7, 11) is -3.98. The van der Waals surface area contributed by atoms with Crippen LogP contribution in [0.3, 0.4) is 0 Å². The summed E-state index contributed by atoms with van der Waals surface area (Å²) < 4.78 is 77.8. The van der Waals surface area contributed by atoms with Crippen LogP contribution < -0.4 is 5.32 Å². The van der Waals surface area contributed by atoms with Crippen molar-refractivity contribution >= 4 is 22.3 Å². The number of methoxy groups -OCH3 is 1. The minimum atomic E-state index is -5.31. The number of hydrogen-bond acceptors (Lipinski definition) is 19. The van der Waals surface area contributed by atoms with Gasteiger partial charge >= 0.3 is 16.4 Å². The Hall–Kier alpha value is -2.49. The van der Waals surface area contributed by atoms with Gasteiger partial charge in [-0.05, 0) is 31.9 Å². The summed E-state index contributed by atoms with van der Waals surface area (Å²) in [6.45, 7) is -0.336. The van der Waals surface area contributed by atoms with E-state index in [1.165, 1.54) is 26.2 Å². The normalized spacial score (nSPS) is 36.1. The van der Waals surface area contributed by atoms with E-state index < -0.39 is 122 Å². The van der Waals surface area contributed by atoms with E-state index in [1.54, 1.807) is 18.2 Å². The highest BCUT2D eigenvalue weighted by atomic mass is 32.3. The Kier molecular flexibility index (Phi) is 18.4. The Bertz CT molecular complexity index is 1490. The third kappa shape index (κ3) is 13.0. The molecular formula is C35H55NO20S. The Morgan fingerprint density at radius 1 is 0.719 bits per heavy atom. The SMILES string of the molecule is COC(=O)CCCCCCCCO[C@@H]1O[C@H](CO)[C@@H](O[C@@H]2O[C@@H](C)[C@@H](O)[C@@H](O)[C@@H]2O)[C@H](O[C@@H]2O[C@H](CO)[C@H](O)[C@H](OS(=O)(=O)O)[C@H]2O)[C@H]1NC(=O)c1ccccc1. The van der Waals surface area contributed by atoms with Crippen molar-refractivity contribution in [1.82, 2.24) is 5.32 Å². The smallest absolute Gasteiger partial charge is 0.397 e. The summed E-state index contributed by atoms with van der Waals surface area (Å²) in [6, 6.07) is 6.42. The molecule has 3 aliphatic rings. The third-order valence-corrected chi connectivity index (χ3v) is 10.4. The number of amides is 1. The van der Waals surface area contributed by atoms with Crippen LogP contribution in [0.25, 0.3) is 0 Å². The van der Waals surface area contributed by atoms with Crippen molar-refractivity contribution in [2.45, 2.75) is 144 Å². The van der Waals surface area contributed by atoms with E-state index in [2.05, 4.69) is 14.2 Å². The third-order valence-electron chi connectivity index (χ3n) is 9.89. The molecule has 0 aliphatic carbocycles. The van der Waals surface area contributed by atoms with Crippen molar-refractivity contribution < 1.29 is 95.6 Å². The topological polar surface area (TPSA) is 316 Å². The summed E-state index contributed by atoms with van der Waals surface area (Å²) in [5, 5.41) is 76.8. The van der Waals surface area contributed by atoms with Crippen LogP contribution in [-0.2, 0) is 52.5 Å². The van der Waals surface area contributed by atoms with Gasteiger partial charge in [0.25, 0.3) is 5.91 Å². The van der Waals surface area contributed by atoms with Gasteiger partial charge in [-0.25, -0.2) is 4.18 Å². The molecule has 0 aromatic heterocycles. The molecule has 3 saturated heterocycles. The van der Waals surface area contributed by atoms with E-state index >= 15 is 0 Å². The Balaban J connectivity index is 1.66. The first kappa shape index (κ1) is 47.2. The van der Waals surface area contributed by atoms with E-state index in [0.717, 1.165) is 19.3 Å². The molecule has 1 aromatic carbocycles. The van der Waals surface area contributed by atoms with Crippen LogP contribution in [0, 0.1) is 0 Å². The van der Waals surface area contributed by atoms with Gasteiger partial charge in [0.15, 0.2) is 18.9 Å². The minimum Gasteiger partial charge on any atom is -0.469 e. The zero-order valence-electron chi connectivity index (χ0n) is 31.5. The highest BCUT2D eigenvalue weighted by molar-refractivity contribution is 7.80. The summed E-state index contributed by atoms with van der Waals surface area (Å²) in [5.74, 6) is -0.974. The van der Waals surface area contributed by atoms with Crippen molar-refractivity contribution in [3.63, 3.8) is 0 Å². The van der Waals surface area contributed by atoms with Gasteiger partial charge in [-0.2, -0.15) is 8.42 Å². The number of carbonyl (C=O) groups is 2. The zero-order chi connectivity index (χ0) is 41.9. The van der Waals surface area contributed by atoms with Crippen LogP contribution in [0.1, 0.15) is 62.2 Å². The quantitative estimate of drug-likeness (QED) is 0.0377. The fourth-order valence-corrected chi connectivity index (χ4v) is 7.24. The largest absolute Gasteiger partial charge is 0.469 e. The maximum absolute atomic E-state index is 13.7. The van der Waals surface area contributed by atoms with Crippen molar-refractivity contribution in [2.24, 2.45) is 0 Å². The van der Waals surface area contributed by atoms with Gasteiger partial charge in [0.2, 0.25) is 0 Å². The second-order valence-corrected chi connectivity index (χ2v) is 15.0. The number of carbonyl (C=O) groups excluding carboxylic acids is 2. The number of rotatable bonds is 20. The fraction of sp³-hybridized carbons (Fsp3) is 0.771. The average Bonchev–Trinajstić information content (AvgIpc) is 3.19. The van der Waals surface area contributed by atoms with Gasteiger partial charge in [-0.1, -0.05) is 43.9 Å². The predicted octanol–water partition coefficient (Wildman–Crippen LogP) is -2.35. The summed E-state index contributed by atoms with van der Waals surface area (Å²) in [6.07, 6.45) is -19.6. The van der Waals surface area contributed by atoms with Crippen LogP contribution in [-0.4, -0.2) is 180 Å². The second kappa shape index (κ2) is 22.2. The molecule has 0 radical (unpaired) electrons. The first-order chi connectivity index (χ1) is 27.1. The highest BCUT2D eigenvalue weighted by Gasteiger charge is 2.55. The number of benzene rings is 1. The molecule has 3 fully saturated rings. The standard InChI is InChI=1S/C35H55NO20S/c1-18-24(40)26(42)27(43)34(51-18)54-29-21(17-38)53-33(50-15-11-6-4-3-5-10-14-22(39)49-2)23(36-32(45)19-12-8-7-9-13-19)30(29)55-35-28(44)31(56-57(46,47)48)25(41)20(16-37)52-35/h7-9,12-13,18,20-21,23-31,33-35,37-38,40-44H,3-6,10-11,14-17H2,1-2H3,(H,36,45)(H,46,47,48)/t18-,20+,21+,23+,24+,25-,26+,27-,28+,29+,30+,31-,33+,34-,35-/m0/s1. The average molecular weight is 842 g/mol. The number of nitrogens with one attached hydrogen (secondary N) is 1. The number of hydrogen-bond donors (Lipinski definition) is 9.